The van der Waals surface area contributed by atoms with Crippen molar-refractivity contribution in [1.29, 1.82) is 0 Å². The molecule has 2 aromatic carbocycles. The summed E-state index contributed by atoms with van der Waals surface area (Å²) in [5, 5.41) is 1.19. The first kappa shape index (κ1) is 23.4. The van der Waals surface area contributed by atoms with E-state index in [9.17, 15) is 13.2 Å². The molecule has 172 valence electrons. The summed E-state index contributed by atoms with van der Waals surface area (Å²) >= 11 is 12.1. The SMILES string of the molecule is Cc1ccc(Cl)cc1N1CCN(C(=O)[C@@H]2CCCN(S(=O)(=O)c3ccc(Cl)cc3)C2)CC1. The van der Waals surface area contributed by atoms with E-state index in [1.807, 2.05) is 23.1 Å². The number of aryl methyl sites for hydroxylation is 1. The molecule has 0 unspecified atom stereocenters. The molecule has 2 saturated heterocycles. The summed E-state index contributed by atoms with van der Waals surface area (Å²) in [5.41, 5.74) is 2.26. The summed E-state index contributed by atoms with van der Waals surface area (Å²) in [6.07, 6.45) is 1.38. The van der Waals surface area contributed by atoms with Crippen molar-refractivity contribution in [2.45, 2.75) is 24.7 Å². The van der Waals surface area contributed by atoms with E-state index in [0.29, 0.717) is 42.5 Å². The van der Waals surface area contributed by atoms with Gasteiger partial charge in [0.05, 0.1) is 10.8 Å². The molecular weight excluding hydrogens is 469 g/mol. The first-order valence-corrected chi connectivity index (χ1v) is 13.0. The fourth-order valence-corrected chi connectivity index (χ4v) is 6.28. The van der Waals surface area contributed by atoms with Crippen molar-refractivity contribution >= 4 is 44.8 Å². The molecule has 9 heteroatoms. The zero-order chi connectivity index (χ0) is 22.9. The van der Waals surface area contributed by atoms with Crippen molar-refractivity contribution in [1.82, 2.24) is 9.21 Å². The number of amides is 1. The predicted molar refractivity (Wildman–Crippen MR) is 128 cm³/mol. The summed E-state index contributed by atoms with van der Waals surface area (Å²) in [7, 11) is -3.65. The van der Waals surface area contributed by atoms with Crippen LogP contribution in [0.2, 0.25) is 10.0 Å². The maximum absolute atomic E-state index is 13.2. The molecule has 0 saturated carbocycles. The Kier molecular flexibility index (Phi) is 7.00. The van der Waals surface area contributed by atoms with E-state index in [-0.39, 0.29) is 23.3 Å². The van der Waals surface area contributed by atoms with E-state index >= 15 is 0 Å². The van der Waals surface area contributed by atoms with Crippen LogP contribution in [0.15, 0.2) is 47.4 Å². The molecule has 1 amide bonds. The average molecular weight is 496 g/mol. The second kappa shape index (κ2) is 9.59. The van der Waals surface area contributed by atoms with Crippen molar-refractivity contribution in [2.75, 3.05) is 44.2 Å². The molecule has 4 rings (SSSR count). The van der Waals surface area contributed by atoms with Crippen molar-refractivity contribution in [3.8, 4) is 0 Å². The highest BCUT2D eigenvalue weighted by Gasteiger charge is 2.36. The highest BCUT2D eigenvalue weighted by molar-refractivity contribution is 7.89. The molecule has 6 nitrogen and oxygen atoms in total. The number of sulfonamides is 1. The Hall–Kier alpha value is -1.80. The number of anilines is 1. The fraction of sp³-hybridized carbons (Fsp3) is 0.435. The van der Waals surface area contributed by atoms with E-state index in [1.165, 1.54) is 16.4 Å². The summed E-state index contributed by atoms with van der Waals surface area (Å²) in [6, 6.07) is 12.0. The molecule has 0 bridgehead atoms. The lowest BCUT2D eigenvalue weighted by molar-refractivity contribution is -0.137. The minimum absolute atomic E-state index is 0.0449. The topological polar surface area (TPSA) is 60.9 Å². The van der Waals surface area contributed by atoms with Gasteiger partial charge in [-0.3, -0.25) is 4.79 Å². The molecule has 1 atom stereocenters. The summed E-state index contributed by atoms with van der Waals surface area (Å²) in [5.74, 6) is -0.270. The first-order chi connectivity index (χ1) is 15.3. The molecule has 0 aliphatic carbocycles. The summed E-state index contributed by atoms with van der Waals surface area (Å²) in [6.45, 7) is 5.39. The third-order valence-corrected chi connectivity index (χ3v) is 8.65. The van der Waals surface area contributed by atoms with E-state index in [0.717, 1.165) is 24.3 Å². The molecule has 2 fully saturated rings. The van der Waals surface area contributed by atoms with Gasteiger partial charge in [-0.1, -0.05) is 29.3 Å². The van der Waals surface area contributed by atoms with Gasteiger partial charge in [0.1, 0.15) is 0 Å². The van der Waals surface area contributed by atoms with Crippen LogP contribution in [0.5, 0.6) is 0 Å². The third-order valence-electron chi connectivity index (χ3n) is 6.29. The number of rotatable bonds is 4. The van der Waals surface area contributed by atoms with Crippen molar-refractivity contribution in [3.63, 3.8) is 0 Å². The number of nitrogens with zero attached hydrogens (tertiary/aromatic N) is 3. The average Bonchev–Trinajstić information content (AvgIpc) is 2.81. The number of carbonyl (C=O) groups is 1. The van der Waals surface area contributed by atoms with Gasteiger partial charge >= 0.3 is 0 Å². The molecule has 2 aromatic rings. The van der Waals surface area contributed by atoms with Gasteiger partial charge in [0.15, 0.2) is 0 Å². The zero-order valence-electron chi connectivity index (χ0n) is 18.0. The maximum Gasteiger partial charge on any atom is 0.243 e. The smallest absolute Gasteiger partial charge is 0.243 e. The maximum atomic E-state index is 13.2. The Bertz CT molecular complexity index is 1080. The summed E-state index contributed by atoms with van der Waals surface area (Å²) < 4.78 is 27.5. The molecule has 2 aliphatic heterocycles. The lowest BCUT2D eigenvalue weighted by Gasteiger charge is -2.40. The Labute approximate surface area is 199 Å². The number of hydrogen-bond donors (Lipinski definition) is 0. The minimum atomic E-state index is -3.65. The van der Waals surface area contributed by atoms with Crippen LogP contribution in [0.1, 0.15) is 18.4 Å². The largest absolute Gasteiger partial charge is 0.368 e. The third kappa shape index (κ3) is 4.91. The number of halogens is 2. The standard InChI is InChI=1S/C23H27Cl2N3O3S/c1-17-4-5-20(25)15-22(17)26-11-13-27(14-12-26)23(29)18-3-2-10-28(16-18)32(30,31)21-8-6-19(24)7-9-21/h4-9,15,18H,2-3,10-14,16H2,1H3/t18-/m1/s1. The predicted octanol–water partition coefficient (Wildman–Crippen LogP) is 4.05. The number of piperidine rings is 1. The Morgan fingerprint density at radius 1 is 0.938 bits per heavy atom. The van der Waals surface area contributed by atoms with Gasteiger partial charge in [-0.15, -0.1) is 0 Å². The minimum Gasteiger partial charge on any atom is -0.368 e. The van der Waals surface area contributed by atoms with Gasteiger partial charge < -0.3 is 9.80 Å². The molecule has 0 N–H and O–H groups in total. The van der Waals surface area contributed by atoms with E-state index in [1.54, 1.807) is 12.1 Å². The van der Waals surface area contributed by atoms with Crippen LogP contribution < -0.4 is 4.90 Å². The van der Waals surface area contributed by atoms with Crippen molar-refractivity contribution in [2.24, 2.45) is 5.92 Å². The Balaban J connectivity index is 1.39. The molecule has 2 aliphatic rings. The van der Waals surface area contributed by atoms with Crippen LogP contribution in [0.4, 0.5) is 5.69 Å². The zero-order valence-corrected chi connectivity index (χ0v) is 20.3. The van der Waals surface area contributed by atoms with Crippen LogP contribution in [0, 0.1) is 12.8 Å². The molecule has 0 radical (unpaired) electrons. The number of hydrogen-bond acceptors (Lipinski definition) is 4. The van der Waals surface area contributed by atoms with Crippen LogP contribution >= 0.6 is 23.2 Å². The number of benzene rings is 2. The normalized spacial score (nSPS) is 20.4. The van der Waals surface area contributed by atoms with E-state index < -0.39 is 10.0 Å². The summed E-state index contributed by atoms with van der Waals surface area (Å²) in [4.78, 5) is 17.6. The number of piperazine rings is 1. The molecule has 2 heterocycles. The van der Waals surface area contributed by atoms with Crippen molar-refractivity contribution < 1.29 is 13.2 Å². The first-order valence-electron chi connectivity index (χ1n) is 10.8. The fourth-order valence-electron chi connectivity index (χ4n) is 4.47. The molecule has 0 spiro atoms. The lowest BCUT2D eigenvalue weighted by atomic mass is 9.97. The highest BCUT2D eigenvalue weighted by atomic mass is 35.5. The van der Waals surface area contributed by atoms with Crippen LogP contribution in [0.3, 0.4) is 0 Å². The van der Waals surface area contributed by atoms with E-state index in [4.69, 9.17) is 23.2 Å². The lowest BCUT2D eigenvalue weighted by Crippen LogP contribution is -2.53. The van der Waals surface area contributed by atoms with Gasteiger partial charge in [0.2, 0.25) is 15.9 Å². The highest BCUT2D eigenvalue weighted by Crippen LogP contribution is 2.28. The quantitative estimate of drug-likeness (QED) is 0.641. The number of carbonyl (C=O) groups excluding carboxylic acids is 1. The van der Waals surface area contributed by atoms with Crippen LogP contribution in [0.25, 0.3) is 0 Å². The van der Waals surface area contributed by atoms with Crippen molar-refractivity contribution in [3.05, 3.63) is 58.1 Å². The van der Waals surface area contributed by atoms with Crippen LogP contribution in [-0.2, 0) is 14.8 Å². The monoisotopic (exact) mass is 495 g/mol. The van der Waals surface area contributed by atoms with Gasteiger partial charge in [-0.05, 0) is 61.7 Å². The second-order valence-electron chi connectivity index (χ2n) is 8.40. The van der Waals surface area contributed by atoms with Gasteiger partial charge in [-0.25, -0.2) is 8.42 Å². The Morgan fingerprint density at radius 3 is 2.28 bits per heavy atom. The van der Waals surface area contributed by atoms with E-state index in [2.05, 4.69) is 11.8 Å². The molecular formula is C23H27Cl2N3O3S. The Morgan fingerprint density at radius 2 is 1.59 bits per heavy atom. The van der Waals surface area contributed by atoms with Gasteiger partial charge in [0.25, 0.3) is 0 Å². The molecule has 0 aromatic heterocycles. The van der Waals surface area contributed by atoms with Gasteiger partial charge in [0, 0.05) is 55.0 Å². The van der Waals surface area contributed by atoms with Gasteiger partial charge in [-0.2, -0.15) is 4.31 Å². The molecule has 32 heavy (non-hydrogen) atoms. The van der Waals surface area contributed by atoms with Crippen LogP contribution in [-0.4, -0.2) is 62.8 Å². The second-order valence-corrected chi connectivity index (χ2v) is 11.2.